The molecule has 1 N–H and O–H groups in total. The van der Waals surface area contributed by atoms with E-state index in [0.717, 1.165) is 0 Å². The maximum atomic E-state index is 12.5. The molecule has 0 heterocycles. The minimum absolute atomic E-state index is 0.0357. The van der Waals surface area contributed by atoms with Gasteiger partial charge in [-0.25, -0.2) is 0 Å². The zero-order valence-electron chi connectivity index (χ0n) is 10.7. The van der Waals surface area contributed by atoms with Gasteiger partial charge in [-0.2, -0.15) is 13.2 Å². The lowest BCUT2D eigenvalue weighted by Gasteiger charge is -2.38. The smallest absolute Gasteiger partial charge is 0.391 e. The first-order valence-corrected chi connectivity index (χ1v) is 6.26. The molecule has 106 valence electrons. The molecule has 6 heteroatoms. The van der Waals surface area contributed by atoms with Crippen molar-refractivity contribution in [3.63, 3.8) is 0 Å². The van der Waals surface area contributed by atoms with E-state index in [0.29, 0.717) is 12.8 Å². The second-order valence-corrected chi connectivity index (χ2v) is 5.21. The van der Waals surface area contributed by atoms with E-state index in [2.05, 4.69) is 0 Å². The summed E-state index contributed by atoms with van der Waals surface area (Å²) in [5.41, 5.74) is 0. The van der Waals surface area contributed by atoms with E-state index in [4.69, 9.17) is 5.11 Å². The van der Waals surface area contributed by atoms with Gasteiger partial charge < -0.3 is 5.11 Å². The predicted octanol–water partition coefficient (Wildman–Crippen LogP) is 2.90. The van der Waals surface area contributed by atoms with Crippen LogP contribution in [0.5, 0.6) is 0 Å². The van der Waals surface area contributed by atoms with Crippen molar-refractivity contribution in [2.45, 2.75) is 57.8 Å². The van der Waals surface area contributed by atoms with Crippen molar-refractivity contribution in [2.75, 3.05) is 6.54 Å². The van der Waals surface area contributed by atoms with E-state index in [1.165, 1.54) is 0 Å². The molecule has 0 amide bonds. The Morgan fingerprint density at radius 3 is 2.11 bits per heavy atom. The second-order valence-electron chi connectivity index (χ2n) is 5.21. The first-order chi connectivity index (χ1) is 8.21. The van der Waals surface area contributed by atoms with Gasteiger partial charge in [0.15, 0.2) is 0 Å². The zero-order valence-corrected chi connectivity index (χ0v) is 10.7. The monoisotopic (exact) mass is 267 g/mol. The number of carbonyl (C=O) groups is 1. The molecule has 1 rings (SSSR count). The fourth-order valence-corrected chi connectivity index (χ4v) is 2.62. The SMILES string of the molecule is CC(C)N(CC(=O)O)C1CCC(C(F)(F)F)CC1. The maximum absolute atomic E-state index is 12.5. The van der Waals surface area contributed by atoms with Crippen LogP contribution >= 0.6 is 0 Å². The van der Waals surface area contributed by atoms with E-state index >= 15 is 0 Å². The number of carboxylic acid groups (broad SMARTS) is 1. The Labute approximate surface area is 105 Å². The molecule has 1 aliphatic carbocycles. The second kappa shape index (κ2) is 5.91. The van der Waals surface area contributed by atoms with Crippen molar-refractivity contribution in [1.29, 1.82) is 0 Å². The summed E-state index contributed by atoms with van der Waals surface area (Å²) < 4.78 is 37.6. The number of halogens is 3. The zero-order chi connectivity index (χ0) is 13.9. The number of hydrogen-bond donors (Lipinski definition) is 1. The third-order valence-corrected chi connectivity index (χ3v) is 3.61. The Kier molecular flexibility index (Phi) is 5.01. The molecule has 0 spiro atoms. The van der Waals surface area contributed by atoms with E-state index in [9.17, 15) is 18.0 Å². The van der Waals surface area contributed by atoms with E-state index in [1.54, 1.807) is 4.90 Å². The van der Waals surface area contributed by atoms with E-state index < -0.39 is 18.1 Å². The molecule has 0 saturated heterocycles. The van der Waals surface area contributed by atoms with Crippen molar-refractivity contribution >= 4 is 5.97 Å². The summed E-state index contributed by atoms with van der Waals surface area (Å²) in [6.45, 7) is 3.65. The van der Waals surface area contributed by atoms with Crippen LogP contribution in [0.2, 0.25) is 0 Å². The highest BCUT2D eigenvalue weighted by atomic mass is 19.4. The van der Waals surface area contributed by atoms with Gasteiger partial charge in [-0.05, 0) is 39.5 Å². The first-order valence-electron chi connectivity index (χ1n) is 6.26. The number of aliphatic carboxylic acids is 1. The molecule has 1 fully saturated rings. The molecule has 1 aliphatic rings. The summed E-state index contributed by atoms with van der Waals surface area (Å²) in [6, 6.07) is -0.00626. The lowest BCUT2D eigenvalue weighted by Crippen LogP contribution is -2.46. The van der Waals surface area contributed by atoms with Crippen LogP contribution in [-0.4, -0.2) is 40.8 Å². The average molecular weight is 267 g/mol. The van der Waals surface area contributed by atoms with Gasteiger partial charge in [0.1, 0.15) is 0 Å². The summed E-state index contributed by atoms with van der Waals surface area (Å²) in [5.74, 6) is -2.14. The lowest BCUT2D eigenvalue weighted by atomic mass is 9.84. The summed E-state index contributed by atoms with van der Waals surface area (Å²) in [4.78, 5) is 12.5. The van der Waals surface area contributed by atoms with Gasteiger partial charge in [0.2, 0.25) is 0 Å². The number of alkyl halides is 3. The summed E-state index contributed by atoms with van der Waals surface area (Å²) >= 11 is 0. The summed E-state index contributed by atoms with van der Waals surface area (Å²) in [5, 5.41) is 8.82. The van der Waals surface area contributed by atoms with Gasteiger partial charge in [-0.1, -0.05) is 0 Å². The largest absolute Gasteiger partial charge is 0.480 e. The third-order valence-electron chi connectivity index (χ3n) is 3.61. The average Bonchev–Trinajstić information content (AvgIpc) is 2.24. The lowest BCUT2D eigenvalue weighted by molar-refractivity contribution is -0.185. The van der Waals surface area contributed by atoms with Crippen molar-refractivity contribution in [3.05, 3.63) is 0 Å². The van der Waals surface area contributed by atoms with Crippen LogP contribution in [0.25, 0.3) is 0 Å². The Hall–Kier alpha value is -0.780. The minimum Gasteiger partial charge on any atom is -0.480 e. The van der Waals surface area contributed by atoms with Gasteiger partial charge in [0, 0.05) is 12.1 Å². The fourth-order valence-electron chi connectivity index (χ4n) is 2.62. The van der Waals surface area contributed by atoms with Gasteiger partial charge in [-0.3, -0.25) is 9.69 Å². The molecule has 0 radical (unpaired) electrons. The Morgan fingerprint density at radius 2 is 1.78 bits per heavy atom. The van der Waals surface area contributed by atoms with Crippen LogP contribution < -0.4 is 0 Å². The summed E-state index contributed by atoms with van der Waals surface area (Å²) in [6.07, 6.45) is -3.04. The molecule has 0 atom stereocenters. The minimum atomic E-state index is -4.11. The third kappa shape index (κ3) is 4.15. The number of carboxylic acids is 1. The quantitative estimate of drug-likeness (QED) is 0.851. The highest BCUT2D eigenvalue weighted by molar-refractivity contribution is 5.69. The highest BCUT2D eigenvalue weighted by Crippen LogP contribution is 2.38. The fraction of sp³-hybridized carbons (Fsp3) is 0.917. The normalized spacial score (nSPS) is 25.7. The Morgan fingerprint density at radius 1 is 1.28 bits per heavy atom. The molecule has 0 aromatic rings. The Balaban J connectivity index is 2.56. The van der Waals surface area contributed by atoms with Gasteiger partial charge in [-0.15, -0.1) is 0 Å². The van der Waals surface area contributed by atoms with Gasteiger partial charge >= 0.3 is 12.1 Å². The molecular weight excluding hydrogens is 247 g/mol. The molecule has 0 aromatic heterocycles. The predicted molar refractivity (Wildman–Crippen MR) is 61.3 cm³/mol. The molecule has 0 unspecified atom stereocenters. The molecule has 3 nitrogen and oxygen atoms in total. The molecule has 18 heavy (non-hydrogen) atoms. The molecule has 1 saturated carbocycles. The van der Waals surface area contributed by atoms with Crippen LogP contribution in [0.4, 0.5) is 13.2 Å². The first kappa shape index (κ1) is 15.3. The van der Waals surface area contributed by atoms with Crippen molar-refractivity contribution in [3.8, 4) is 0 Å². The number of hydrogen-bond acceptors (Lipinski definition) is 2. The standard InChI is InChI=1S/C12H20F3NO2/c1-8(2)16(7-11(17)18)10-5-3-9(4-6-10)12(13,14)15/h8-10H,3-7H2,1-2H3,(H,17,18). The van der Waals surface area contributed by atoms with Crippen LogP contribution in [0.3, 0.4) is 0 Å². The Bertz CT molecular complexity index is 284. The maximum Gasteiger partial charge on any atom is 0.391 e. The van der Waals surface area contributed by atoms with E-state index in [1.807, 2.05) is 13.8 Å². The van der Waals surface area contributed by atoms with Crippen molar-refractivity contribution in [2.24, 2.45) is 5.92 Å². The highest BCUT2D eigenvalue weighted by Gasteiger charge is 2.42. The van der Waals surface area contributed by atoms with Crippen LogP contribution in [0, 0.1) is 5.92 Å². The van der Waals surface area contributed by atoms with Crippen LogP contribution in [0.1, 0.15) is 39.5 Å². The molecule has 0 bridgehead atoms. The topological polar surface area (TPSA) is 40.5 Å². The van der Waals surface area contributed by atoms with Gasteiger partial charge in [0.05, 0.1) is 12.5 Å². The van der Waals surface area contributed by atoms with Crippen molar-refractivity contribution < 1.29 is 23.1 Å². The summed E-state index contributed by atoms with van der Waals surface area (Å²) in [7, 11) is 0. The van der Waals surface area contributed by atoms with Crippen LogP contribution in [0.15, 0.2) is 0 Å². The van der Waals surface area contributed by atoms with Crippen LogP contribution in [-0.2, 0) is 4.79 Å². The number of nitrogens with zero attached hydrogens (tertiary/aromatic N) is 1. The molecule has 0 aromatic carbocycles. The molecule has 0 aliphatic heterocycles. The van der Waals surface area contributed by atoms with Crippen molar-refractivity contribution in [1.82, 2.24) is 4.90 Å². The molecular formula is C12H20F3NO2. The van der Waals surface area contributed by atoms with Gasteiger partial charge in [0.25, 0.3) is 0 Å². The number of rotatable bonds is 4. The van der Waals surface area contributed by atoms with E-state index in [-0.39, 0.29) is 31.5 Å².